The number of pyridine rings is 1. The van der Waals surface area contributed by atoms with Gasteiger partial charge in [0.05, 0.1) is 19.8 Å². The third-order valence-corrected chi connectivity index (χ3v) is 7.26. The van der Waals surface area contributed by atoms with Gasteiger partial charge in [0.2, 0.25) is 0 Å². The molecule has 0 saturated carbocycles. The Balaban J connectivity index is 1.20. The highest BCUT2D eigenvalue weighted by atomic mass is 16.5. The van der Waals surface area contributed by atoms with Crippen LogP contribution in [-0.4, -0.2) is 86.5 Å². The molecule has 42 heavy (non-hydrogen) atoms. The van der Waals surface area contributed by atoms with Crippen LogP contribution in [0.3, 0.4) is 0 Å². The van der Waals surface area contributed by atoms with Crippen LogP contribution in [0.1, 0.15) is 34.2 Å². The van der Waals surface area contributed by atoms with E-state index in [1.165, 1.54) is 6.33 Å². The zero-order valence-corrected chi connectivity index (χ0v) is 24.0. The number of aryl methyl sites for hydroxylation is 1. The molecule has 1 amide bonds. The first-order valence-corrected chi connectivity index (χ1v) is 14.4. The van der Waals surface area contributed by atoms with Crippen molar-refractivity contribution in [3.63, 3.8) is 0 Å². The van der Waals surface area contributed by atoms with Crippen LogP contribution in [0.15, 0.2) is 61.3 Å². The molecule has 1 saturated heterocycles. The number of rotatable bonds is 14. The largest absolute Gasteiger partial charge is 0.379 e. The first-order chi connectivity index (χ1) is 20.7. The molecule has 0 atom stereocenters. The molecule has 4 aromatic rings. The van der Waals surface area contributed by atoms with Gasteiger partial charge in [-0.1, -0.05) is 13.0 Å². The molecule has 12 heteroatoms. The number of morpholine rings is 1. The number of amides is 1. The van der Waals surface area contributed by atoms with E-state index in [2.05, 4.69) is 57.5 Å². The third kappa shape index (κ3) is 7.93. The van der Waals surface area contributed by atoms with Gasteiger partial charge in [-0.25, -0.2) is 9.97 Å². The van der Waals surface area contributed by atoms with Crippen LogP contribution in [0, 0.1) is 0 Å². The molecule has 220 valence electrons. The first kappa shape index (κ1) is 29.2. The second-order valence-corrected chi connectivity index (χ2v) is 10.0. The maximum Gasteiger partial charge on any atom is 0.251 e. The van der Waals surface area contributed by atoms with E-state index in [4.69, 9.17) is 4.74 Å². The molecule has 12 nitrogen and oxygen atoms in total. The number of hydrogen-bond acceptors (Lipinski definition) is 10. The molecule has 0 radical (unpaired) electrons. The van der Waals surface area contributed by atoms with Crippen LogP contribution >= 0.6 is 0 Å². The molecule has 0 unspecified atom stereocenters. The number of carbonyl (C=O) groups is 1. The number of anilines is 1. The maximum absolute atomic E-state index is 12.9. The Hall–Kier alpha value is -4.26. The van der Waals surface area contributed by atoms with E-state index in [9.17, 15) is 4.79 Å². The minimum atomic E-state index is -0.130. The number of benzene rings is 1. The second kappa shape index (κ2) is 15.1. The maximum atomic E-state index is 12.9. The molecular weight excluding hydrogens is 532 g/mol. The van der Waals surface area contributed by atoms with Gasteiger partial charge in [-0.3, -0.25) is 14.7 Å². The molecule has 3 N–H and O–H groups in total. The fourth-order valence-electron chi connectivity index (χ4n) is 4.87. The molecule has 3 aromatic heterocycles. The Kier molecular flexibility index (Phi) is 10.5. The Bertz CT molecular complexity index is 1420. The van der Waals surface area contributed by atoms with Crippen molar-refractivity contribution in [1.82, 2.24) is 45.2 Å². The van der Waals surface area contributed by atoms with E-state index in [0.29, 0.717) is 31.0 Å². The fourth-order valence-corrected chi connectivity index (χ4v) is 4.87. The standard InChI is InChI=1S/C30H38N10O2/c1-2-23-19-32-8-6-25(23)20-35-30(41)24-4-3-5-26(18-24)34-21-28-37-38-29(27-7-9-33-22-36-27)40(28)13-11-31-10-12-39-14-16-42-17-15-39/h3-9,18-19,22,31,34H,2,10-17,20-21H2,1H3,(H,35,41). The van der Waals surface area contributed by atoms with Gasteiger partial charge in [-0.2, -0.15) is 0 Å². The van der Waals surface area contributed by atoms with Crippen molar-refractivity contribution in [1.29, 1.82) is 0 Å². The van der Waals surface area contributed by atoms with E-state index in [1.54, 1.807) is 12.4 Å². The molecule has 0 spiro atoms. The molecule has 0 bridgehead atoms. The predicted octanol–water partition coefficient (Wildman–Crippen LogP) is 2.16. The fraction of sp³-hybridized carbons (Fsp3) is 0.400. The summed E-state index contributed by atoms with van der Waals surface area (Å²) in [5.74, 6) is 1.34. The van der Waals surface area contributed by atoms with Crippen molar-refractivity contribution in [2.45, 2.75) is 33.0 Å². The summed E-state index contributed by atoms with van der Waals surface area (Å²) in [7, 11) is 0. The third-order valence-electron chi connectivity index (χ3n) is 7.26. The van der Waals surface area contributed by atoms with Gasteiger partial charge < -0.3 is 25.3 Å². The molecule has 1 aliphatic heterocycles. The summed E-state index contributed by atoms with van der Waals surface area (Å²) in [6.07, 6.45) is 7.69. The lowest BCUT2D eigenvalue weighted by Gasteiger charge is -2.26. The summed E-state index contributed by atoms with van der Waals surface area (Å²) in [6.45, 7) is 9.88. The summed E-state index contributed by atoms with van der Waals surface area (Å²) in [5, 5.41) is 18.9. The number of nitrogens with zero attached hydrogens (tertiary/aromatic N) is 7. The Labute approximate surface area is 246 Å². The summed E-state index contributed by atoms with van der Waals surface area (Å²) in [6, 6.07) is 11.3. The van der Waals surface area contributed by atoms with Crippen LogP contribution < -0.4 is 16.0 Å². The van der Waals surface area contributed by atoms with Gasteiger partial charge in [-0.05, 0) is 47.9 Å². The molecular formula is C30H38N10O2. The van der Waals surface area contributed by atoms with Crippen LogP contribution in [0.4, 0.5) is 5.69 Å². The highest BCUT2D eigenvalue weighted by Gasteiger charge is 2.16. The quantitative estimate of drug-likeness (QED) is 0.194. The Morgan fingerprint density at radius 1 is 0.976 bits per heavy atom. The number of ether oxygens (including phenoxy) is 1. The topological polar surface area (TPSA) is 135 Å². The number of aromatic nitrogens is 6. The zero-order valence-electron chi connectivity index (χ0n) is 24.0. The average molecular weight is 571 g/mol. The van der Waals surface area contributed by atoms with E-state index in [-0.39, 0.29) is 5.91 Å². The molecule has 1 aliphatic rings. The highest BCUT2D eigenvalue weighted by Crippen LogP contribution is 2.17. The van der Waals surface area contributed by atoms with Crippen molar-refractivity contribution in [2.75, 3.05) is 51.3 Å². The highest BCUT2D eigenvalue weighted by molar-refractivity contribution is 5.95. The van der Waals surface area contributed by atoms with Gasteiger partial charge in [-0.15, -0.1) is 10.2 Å². The number of nitrogens with one attached hydrogen (secondary N) is 3. The summed E-state index contributed by atoms with van der Waals surface area (Å²) in [5.41, 5.74) is 4.33. The van der Waals surface area contributed by atoms with Crippen LogP contribution in [0.5, 0.6) is 0 Å². The lowest BCUT2D eigenvalue weighted by Crippen LogP contribution is -2.40. The van der Waals surface area contributed by atoms with Crippen LogP contribution in [0.2, 0.25) is 0 Å². The van der Waals surface area contributed by atoms with E-state index in [1.807, 2.05) is 42.6 Å². The monoisotopic (exact) mass is 570 g/mol. The normalized spacial score (nSPS) is 13.6. The molecule has 4 heterocycles. The number of carbonyl (C=O) groups excluding carboxylic acids is 1. The van der Waals surface area contributed by atoms with Crippen LogP contribution in [0.25, 0.3) is 11.5 Å². The zero-order chi connectivity index (χ0) is 29.0. The van der Waals surface area contributed by atoms with Gasteiger partial charge in [0.1, 0.15) is 12.0 Å². The molecule has 1 aromatic carbocycles. The smallest absolute Gasteiger partial charge is 0.251 e. The van der Waals surface area contributed by atoms with Crippen molar-refractivity contribution in [3.05, 3.63) is 83.8 Å². The van der Waals surface area contributed by atoms with E-state index < -0.39 is 0 Å². The summed E-state index contributed by atoms with van der Waals surface area (Å²) in [4.78, 5) is 27.9. The minimum absolute atomic E-state index is 0.130. The van der Waals surface area contributed by atoms with Gasteiger partial charge in [0.25, 0.3) is 5.91 Å². The lowest BCUT2D eigenvalue weighted by molar-refractivity contribution is 0.0384. The van der Waals surface area contributed by atoms with Crippen molar-refractivity contribution < 1.29 is 9.53 Å². The van der Waals surface area contributed by atoms with Crippen LogP contribution in [-0.2, 0) is 30.8 Å². The van der Waals surface area contributed by atoms with Gasteiger partial charge in [0.15, 0.2) is 11.6 Å². The minimum Gasteiger partial charge on any atom is -0.379 e. The van der Waals surface area contributed by atoms with Crippen molar-refractivity contribution >= 4 is 11.6 Å². The average Bonchev–Trinajstić information content (AvgIpc) is 3.46. The molecule has 5 rings (SSSR count). The number of hydrogen-bond donors (Lipinski definition) is 3. The lowest BCUT2D eigenvalue weighted by atomic mass is 10.1. The first-order valence-electron chi connectivity index (χ1n) is 14.4. The van der Waals surface area contributed by atoms with Crippen molar-refractivity contribution in [2.24, 2.45) is 0 Å². The molecule has 0 aliphatic carbocycles. The predicted molar refractivity (Wildman–Crippen MR) is 160 cm³/mol. The van der Waals surface area contributed by atoms with Crippen molar-refractivity contribution in [3.8, 4) is 11.5 Å². The van der Waals surface area contributed by atoms with Gasteiger partial charge >= 0.3 is 0 Å². The molecule has 1 fully saturated rings. The van der Waals surface area contributed by atoms with Gasteiger partial charge in [0, 0.05) is 75.7 Å². The summed E-state index contributed by atoms with van der Waals surface area (Å²) < 4.78 is 7.51. The van der Waals surface area contributed by atoms with E-state index >= 15 is 0 Å². The SMILES string of the molecule is CCc1cnccc1CNC(=O)c1cccc(NCc2nnc(-c3ccncn3)n2CCNCCN2CCOCC2)c1. The Morgan fingerprint density at radius 3 is 2.67 bits per heavy atom. The summed E-state index contributed by atoms with van der Waals surface area (Å²) >= 11 is 0. The second-order valence-electron chi connectivity index (χ2n) is 10.0. The Morgan fingerprint density at radius 2 is 1.83 bits per heavy atom. The van der Waals surface area contributed by atoms with E-state index in [0.717, 1.165) is 80.7 Å².